The molecule has 2 aromatic carbocycles. The lowest BCUT2D eigenvalue weighted by Crippen LogP contribution is -2.11. The van der Waals surface area contributed by atoms with Crippen LogP contribution in [0.3, 0.4) is 0 Å². The highest BCUT2D eigenvalue weighted by Crippen LogP contribution is 2.30. The van der Waals surface area contributed by atoms with Crippen LogP contribution in [0.25, 0.3) is 0 Å². The number of para-hydroxylation sites is 2. The molecule has 2 aromatic rings. The standard InChI is InChI=1S/C15H16N2O3/c1-2-16-11-12-7-9-13(10-8-12)20-15-6-4-3-5-14(15)17(18)19/h3-10,16H,2,11H2,1H3. The Labute approximate surface area is 117 Å². The number of benzene rings is 2. The zero-order chi connectivity index (χ0) is 14.4. The SMILES string of the molecule is CCNCc1ccc(Oc2ccccc2[N+](=O)[O-])cc1. The first kappa shape index (κ1) is 14.0. The smallest absolute Gasteiger partial charge is 0.311 e. The van der Waals surface area contributed by atoms with Gasteiger partial charge < -0.3 is 10.1 Å². The van der Waals surface area contributed by atoms with Gasteiger partial charge in [0.1, 0.15) is 5.75 Å². The molecular weight excluding hydrogens is 256 g/mol. The first-order valence-electron chi connectivity index (χ1n) is 6.41. The number of nitro groups is 1. The van der Waals surface area contributed by atoms with Gasteiger partial charge in [-0.3, -0.25) is 10.1 Å². The number of hydrogen-bond acceptors (Lipinski definition) is 4. The van der Waals surface area contributed by atoms with Crippen molar-refractivity contribution in [2.75, 3.05) is 6.54 Å². The molecule has 0 fully saturated rings. The Kier molecular flexibility index (Phi) is 4.68. The van der Waals surface area contributed by atoms with Crippen LogP contribution in [-0.2, 0) is 6.54 Å². The lowest BCUT2D eigenvalue weighted by atomic mass is 10.2. The molecule has 0 aliphatic carbocycles. The molecule has 0 unspecified atom stereocenters. The minimum atomic E-state index is -0.450. The molecule has 0 atom stereocenters. The van der Waals surface area contributed by atoms with Crippen LogP contribution in [-0.4, -0.2) is 11.5 Å². The van der Waals surface area contributed by atoms with Gasteiger partial charge in [-0.15, -0.1) is 0 Å². The van der Waals surface area contributed by atoms with E-state index in [1.54, 1.807) is 18.2 Å². The Morgan fingerprint density at radius 2 is 1.85 bits per heavy atom. The Balaban J connectivity index is 2.12. The predicted molar refractivity (Wildman–Crippen MR) is 77.0 cm³/mol. The number of nitro benzene ring substituents is 1. The molecule has 0 spiro atoms. The molecule has 5 heteroatoms. The molecule has 1 N–H and O–H groups in total. The fourth-order valence-corrected chi connectivity index (χ4v) is 1.77. The average molecular weight is 272 g/mol. The summed E-state index contributed by atoms with van der Waals surface area (Å²) in [5.41, 5.74) is 1.10. The van der Waals surface area contributed by atoms with E-state index in [0.29, 0.717) is 5.75 Å². The Hall–Kier alpha value is -2.40. The highest BCUT2D eigenvalue weighted by Gasteiger charge is 2.14. The second-order valence-electron chi connectivity index (χ2n) is 4.25. The van der Waals surface area contributed by atoms with Crippen LogP contribution in [0.2, 0.25) is 0 Å². The second kappa shape index (κ2) is 6.68. The van der Waals surface area contributed by atoms with Gasteiger partial charge in [-0.2, -0.15) is 0 Å². The van der Waals surface area contributed by atoms with Crippen molar-refractivity contribution in [1.29, 1.82) is 0 Å². The molecule has 0 saturated heterocycles. The molecule has 20 heavy (non-hydrogen) atoms. The fourth-order valence-electron chi connectivity index (χ4n) is 1.77. The molecule has 0 amide bonds. The first-order valence-corrected chi connectivity index (χ1v) is 6.41. The van der Waals surface area contributed by atoms with Crippen molar-refractivity contribution in [3.63, 3.8) is 0 Å². The Morgan fingerprint density at radius 3 is 2.50 bits per heavy atom. The molecule has 0 saturated carbocycles. The summed E-state index contributed by atoms with van der Waals surface area (Å²) in [4.78, 5) is 10.5. The van der Waals surface area contributed by atoms with E-state index >= 15 is 0 Å². The molecule has 104 valence electrons. The minimum absolute atomic E-state index is 0.0378. The maximum Gasteiger partial charge on any atom is 0.311 e. The summed E-state index contributed by atoms with van der Waals surface area (Å²) < 4.78 is 5.57. The molecule has 0 aromatic heterocycles. The normalized spacial score (nSPS) is 10.2. The minimum Gasteiger partial charge on any atom is -0.450 e. The van der Waals surface area contributed by atoms with E-state index in [1.807, 2.05) is 31.2 Å². The van der Waals surface area contributed by atoms with Gasteiger partial charge in [0.25, 0.3) is 0 Å². The number of rotatable bonds is 6. The number of nitrogens with one attached hydrogen (secondary N) is 1. The molecular formula is C15H16N2O3. The second-order valence-corrected chi connectivity index (χ2v) is 4.25. The van der Waals surface area contributed by atoms with E-state index in [-0.39, 0.29) is 11.4 Å². The molecule has 0 radical (unpaired) electrons. The van der Waals surface area contributed by atoms with Crippen molar-refractivity contribution in [3.05, 3.63) is 64.2 Å². The topological polar surface area (TPSA) is 64.4 Å². The van der Waals surface area contributed by atoms with E-state index in [9.17, 15) is 10.1 Å². The van der Waals surface area contributed by atoms with E-state index in [4.69, 9.17) is 4.74 Å². The van der Waals surface area contributed by atoms with Gasteiger partial charge in [0.05, 0.1) is 4.92 Å². The van der Waals surface area contributed by atoms with Crippen molar-refractivity contribution in [2.24, 2.45) is 0 Å². The number of ether oxygens (including phenoxy) is 1. The van der Waals surface area contributed by atoms with Crippen molar-refractivity contribution in [2.45, 2.75) is 13.5 Å². The molecule has 2 rings (SSSR count). The van der Waals surface area contributed by atoms with Gasteiger partial charge in [-0.1, -0.05) is 31.2 Å². The van der Waals surface area contributed by atoms with Gasteiger partial charge >= 0.3 is 5.69 Å². The van der Waals surface area contributed by atoms with Gasteiger partial charge in [-0.05, 0) is 30.3 Å². The third-order valence-electron chi connectivity index (χ3n) is 2.79. The van der Waals surface area contributed by atoms with Crippen LogP contribution < -0.4 is 10.1 Å². The fraction of sp³-hybridized carbons (Fsp3) is 0.200. The van der Waals surface area contributed by atoms with Crippen LogP contribution >= 0.6 is 0 Å². The predicted octanol–water partition coefficient (Wildman–Crippen LogP) is 3.50. The summed E-state index contributed by atoms with van der Waals surface area (Å²) >= 11 is 0. The zero-order valence-corrected chi connectivity index (χ0v) is 11.2. The van der Waals surface area contributed by atoms with Crippen LogP contribution in [0.5, 0.6) is 11.5 Å². The molecule has 5 nitrogen and oxygen atoms in total. The van der Waals surface area contributed by atoms with Crippen molar-refractivity contribution in [3.8, 4) is 11.5 Å². The zero-order valence-electron chi connectivity index (χ0n) is 11.2. The van der Waals surface area contributed by atoms with Crippen LogP contribution in [0.4, 0.5) is 5.69 Å². The Morgan fingerprint density at radius 1 is 1.15 bits per heavy atom. The van der Waals surface area contributed by atoms with Crippen LogP contribution in [0.15, 0.2) is 48.5 Å². The summed E-state index contributed by atoms with van der Waals surface area (Å²) in [5.74, 6) is 0.830. The van der Waals surface area contributed by atoms with Gasteiger partial charge in [0.15, 0.2) is 0 Å². The van der Waals surface area contributed by atoms with E-state index in [0.717, 1.165) is 18.7 Å². The van der Waals surface area contributed by atoms with Gasteiger partial charge in [-0.25, -0.2) is 0 Å². The third kappa shape index (κ3) is 3.55. The lowest BCUT2D eigenvalue weighted by Gasteiger charge is -2.07. The maximum absolute atomic E-state index is 10.9. The van der Waals surface area contributed by atoms with Crippen molar-refractivity contribution in [1.82, 2.24) is 5.32 Å². The van der Waals surface area contributed by atoms with Crippen molar-refractivity contribution >= 4 is 5.69 Å². The monoisotopic (exact) mass is 272 g/mol. The van der Waals surface area contributed by atoms with E-state index in [1.165, 1.54) is 6.07 Å². The number of nitrogens with zero attached hydrogens (tertiary/aromatic N) is 1. The van der Waals surface area contributed by atoms with Crippen LogP contribution in [0.1, 0.15) is 12.5 Å². The van der Waals surface area contributed by atoms with Crippen molar-refractivity contribution < 1.29 is 9.66 Å². The van der Waals surface area contributed by atoms with E-state index < -0.39 is 4.92 Å². The molecule has 0 aliphatic heterocycles. The Bertz CT molecular complexity index is 582. The molecule has 0 aliphatic rings. The summed E-state index contributed by atoms with van der Waals surface area (Å²) in [6.07, 6.45) is 0. The summed E-state index contributed by atoms with van der Waals surface area (Å²) in [7, 11) is 0. The average Bonchev–Trinajstić information content (AvgIpc) is 2.47. The molecule has 0 bridgehead atoms. The summed E-state index contributed by atoms with van der Waals surface area (Å²) in [6.45, 7) is 3.75. The quantitative estimate of drug-likeness (QED) is 0.645. The van der Waals surface area contributed by atoms with E-state index in [2.05, 4.69) is 5.32 Å². The van der Waals surface area contributed by atoms with Gasteiger partial charge in [0, 0.05) is 12.6 Å². The van der Waals surface area contributed by atoms with Gasteiger partial charge in [0.2, 0.25) is 5.75 Å². The lowest BCUT2D eigenvalue weighted by molar-refractivity contribution is -0.385. The third-order valence-corrected chi connectivity index (χ3v) is 2.79. The van der Waals surface area contributed by atoms with Crippen LogP contribution in [0, 0.1) is 10.1 Å². The number of hydrogen-bond donors (Lipinski definition) is 1. The maximum atomic E-state index is 10.9. The first-order chi connectivity index (χ1) is 9.70. The highest BCUT2D eigenvalue weighted by molar-refractivity contribution is 5.48. The summed E-state index contributed by atoms with van der Waals surface area (Å²) in [6, 6.07) is 13.8. The highest BCUT2D eigenvalue weighted by atomic mass is 16.6. The summed E-state index contributed by atoms with van der Waals surface area (Å²) in [5, 5.41) is 14.1. The largest absolute Gasteiger partial charge is 0.450 e. The molecule has 0 heterocycles.